The van der Waals surface area contributed by atoms with Crippen LogP contribution in [0.3, 0.4) is 0 Å². The van der Waals surface area contributed by atoms with E-state index in [0.29, 0.717) is 13.1 Å². The normalized spacial score (nSPS) is 15.4. The fraction of sp³-hybridized carbons (Fsp3) is 0.636. The van der Waals surface area contributed by atoms with Crippen LogP contribution in [0, 0.1) is 0 Å². The molecule has 18 heavy (non-hydrogen) atoms. The Morgan fingerprint density at radius 2 is 2.11 bits per heavy atom. The number of hydrogen-bond acceptors (Lipinski definition) is 3. The predicted octanol–water partition coefficient (Wildman–Crippen LogP) is -1.17. The van der Waals surface area contributed by atoms with Gasteiger partial charge in [0.25, 0.3) is 0 Å². The number of fused-ring (bicyclic) bond motifs is 1. The van der Waals surface area contributed by atoms with E-state index < -0.39 is 5.60 Å². The number of ether oxygens (including phenoxy) is 1. The fourth-order valence-electron chi connectivity index (χ4n) is 2.12. The highest BCUT2D eigenvalue weighted by Crippen LogP contribution is 2.18. The molecule has 1 aromatic heterocycles. The second-order valence-corrected chi connectivity index (χ2v) is 5.79. The number of nitrogens with zero attached hydrogens (tertiary/aromatic N) is 3. The molecule has 1 amide bonds. The molecule has 96 valence electrons. The molecule has 0 saturated carbocycles. The molecule has 0 fully saturated rings. The van der Waals surface area contributed by atoms with Gasteiger partial charge in [-0.2, -0.15) is 5.10 Å². The first kappa shape index (κ1) is 13.1. The first-order chi connectivity index (χ1) is 8.28. The average Bonchev–Trinajstić information content (AvgIpc) is 2.52. The van der Waals surface area contributed by atoms with E-state index in [1.165, 1.54) is 0 Å². The van der Waals surface area contributed by atoms with Crippen molar-refractivity contribution in [2.75, 3.05) is 6.54 Å². The smallest absolute Gasteiger partial charge is 0.410 e. The largest absolute Gasteiger partial charge is 0.444 e. The highest BCUT2D eigenvalue weighted by Gasteiger charge is 2.28. The van der Waals surface area contributed by atoms with Crippen LogP contribution in [0.1, 0.15) is 32.0 Å². The van der Waals surface area contributed by atoms with Gasteiger partial charge in [0, 0.05) is 18.5 Å². The molecule has 0 radical (unpaired) electrons. The van der Waals surface area contributed by atoms with Gasteiger partial charge in [-0.05, 0) is 26.4 Å². The van der Waals surface area contributed by atoms with Crippen LogP contribution in [0.2, 0.25) is 0 Å². The van der Waals surface area contributed by atoms with Gasteiger partial charge in [-0.1, -0.05) is 0 Å². The molecule has 7 heteroatoms. The summed E-state index contributed by atoms with van der Waals surface area (Å²) in [6, 6.07) is 0. The number of aromatic nitrogens is 2. The fourth-order valence-corrected chi connectivity index (χ4v) is 2.12. The molecular weight excluding hydrogens is 228 g/mol. The van der Waals surface area contributed by atoms with Crippen LogP contribution in [-0.2, 0) is 17.7 Å². The van der Waals surface area contributed by atoms with E-state index >= 15 is 0 Å². The molecule has 0 aromatic carbocycles. The highest BCUT2D eigenvalue weighted by molar-refractivity contribution is 6.34. The van der Waals surface area contributed by atoms with Gasteiger partial charge >= 0.3 is 6.09 Å². The second-order valence-electron chi connectivity index (χ2n) is 5.79. The lowest BCUT2D eigenvalue weighted by molar-refractivity contribution is 0.0224. The van der Waals surface area contributed by atoms with Gasteiger partial charge in [0.2, 0.25) is 7.98 Å². The predicted molar refractivity (Wildman–Crippen MR) is 74.7 cm³/mol. The summed E-state index contributed by atoms with van der Waals surface area (Å²) in [6.45, 7) is 6.93. The Hall–Kier alpha value is -1.39. The van der Waals surface area contributed by atoms with Crippen LogP contribution in [0.4, 0.5) is 4.79 Å². The summed E-state index contributed by atoms with van der Waals surface area (Å²) in [7, 11) is 3.97. The zero-order chi connectivity index (χ0) is 13.5. The van der Waals surface area contributed by atoms with Gasteiger partial charge in [0.05, 0.1) is 12.2 Å². The number of rotatable bonds is 0. The maximum absolute atomic E-state index is 12.0. The quantitative estimate of drug-likeness (QED) is 0.543. The molecule has 0 N–H and O–H groups in total. The minimum absolute atomic E-state index is 0.239. The van der Waals surface area contributed by atoms with Crippen LogP contribution < -0.4 is 5.59 Å². The van der Waals surface area contributed by atoms with Crippen molar-refractivity contribution >= 4 is 27.5 Å². The lowest BCUT2D eigenvalue weighted by Crippen LogP contribution is -2.41. The summed E-state index contributed by atoms with van der Waals surface area (Å²) < 4.78 is 7.28. The van der Waals surface area contributed by atoms with Gasteiger partial charge < -0.3 is 14.2 Å². The van der Waals surface area contributed by atoms with Crippen LogP contribution in [0.25, 0.3) is 0 Å². The Morgan fingerprint density at radius 1 is 1.44 bits per heavy atom. The Kier molecular flexibility index (Phi) is 3.17. The van der Waals surface area contributed by atoms with Crippen molar-refractivity contribution < 1.29 is 9.53 Å². The van der Waals surface area contributed by atoms with Crippen molar-refractivity contribution in [2.24, 2.45) is 0 Å². The van der Waals surface area contributed by atoms with Crippen LogP contribution in [0.15, 0.2) is 0 Å². The van der Waals surface area contributed by atoms with E-state index in [2.05, 4.69) is 5.10 Å². The Labute approximate surface area is 109 Å². The van der Waals surface area contributed by atoms with E-state index in [1.807, 2.05) is 41.2 Å². The molecule has 5 nitrogen and oxygen atoms in total. The Balaban J connectivity index is 2.12. The van der Waals surface area contributed by atoms with Gasteiger partial charge in [-0.15, -0.1) is 0 Å². The van der Waals surface area contributed by atoms with Crippen molar-refractivity contribution in [1.82, 2.24) is 14.6 Å². The third-order valence-corrected chi connectivity index (χ3v) is 3.16. The molecule has 0 saturated heterocycles. The van der Waals surface area contributed by atoms with E-state index in [-0.39, 0.29) is 6.09 Å². The van der Waals surface area contributed by atoms with Gasteiger partial charge in [-0.25, -0.2) is 4.79 Å². The zero-order valence-electron chi connectivity index (χ0n) is 11.8. The monoisotopic (exact) mass is 247 g/mol. The number of hydrogen-bond donors (Lipinski definition) is 0. The molecule has 1 aromatic rings. The molecule has 1 aliphatic heterocycles. The molecule has 2 heterocycles. The van der Waals surface area contributed by atoms with Crippen LogP contribution >= 0.6 is 0 Å². The Bertz CT molecular complexity index is 479. The maximum atomic E-state index is 12.0. The molecular formula is C11H19B2N3O2. The lowest BCUT2D eigenvalue weighted by Gasteiger charge is -2.29. The summed E-state index contributed by atoms with van der Waals surface area (Å²) >= 11 is 0. The SMILES string of the molecule is Bc1c2c(nn1B)CCN(C(=O)OC(C)(C)C)C2. The first-order valence-corrected chi connectivity index (χ1v) is 6.27. The van der Waals surface area contributed by atoms with Crippen LogP contribution in [0.5, 0.6) is 0 Å². The molecule has 0 spiro atoms. The number of carbonyl (C=O) groups excluding carboxylic acids is 1. The molecule has 0 aliphatic carbocycles. The van der Waals surface area contributed by atoms with Crippen molar-refractivity contribution in [1.29, 1.82) is 0 Å². The van der Waals surface area contributed by atoms with Crippen molar-refractivity contribution in [3.8, 4) is 0 Å². The maximum Gasteiger partial charge on any atom is 0.410 e. The zero-order valence-corrected chi connectivity index (χ0v) is 11.8. The summed E-state index contributed by atoms with van der Waals surface area (Å²) in [5.74, 6) is 0. The standard InChI is InChI=1S/C11H19B2N3O2/c1-11(2,3)18-10(17)15-5-4-8-7(6-15)9(12)16(13)14-8/h4-6,12-13H2,1-3H3. The van der Waals surface area contributed by atoms with E-state index in [4.69, 9.17) is 4.74 Å². The third kappa shape index (κ3) is 2.54. The molecule has 0 bridgehead atoms. The van der Waals surface area contributed by atoms with Crippen molar-refractivity contribution in [3.05, 3.63) is 11.3 Å². The summed E-state index contributed by atoms with van der Waals surface area (Å²) in [6.07, 6.45) is 0.562. The molecule has 0 unspecified atom stereocenters. The molecule has 1 aliphatic rings. The van der Waals surface area contributed by atoms with Crippen LogP contribution in [-0.4, -0.2) is 48.7 Å². The summed E-state index contributed by atoms with van der Waals surface area (Å²) in [5.41, 5.74) is 2.95. The van der Waals surface area contributed by atoms with E-state index in [0.717, 1.165) is 23.3 Å². The van der Waals surface area contributed by atoms with E-state index in [1.54, 1.807) is 4.90 Å². The van der Waals surface area contributed by atoms with Crippen molar-refractivity contribution in [3.63, 3.8) is 0 Å². The Morgan fingerprint density at radius 3 is 2.72 bits per heavy atom. The average molecular weight is 247 g/mol. The first-order valence-electron chi connectivity index (χ1n) is 6.27. The minimum Gasteiger partial charge on any atom is -0.444 e. The third-order valence-electron chi connectivity index (χ3n) is 3.16. The number of carbonyl (C=O) groups is 1. The minimum atomic E-state index is -0.443. The lowest BCUT2D eigenvalue weighted by atomic mass is 9.93. The molecule has 2 rings (SSSR count). The topological polar surface area (TPSA) is 47.4 Å². The van der Waals surface area contributed by atoms with Crippen molar-refractivity contribution in [2.45, 2.75) is 39.3 Å². The van der Waals surface area contributed by atoms with Gasteiger partial charge in [0.15, 0.2) is 7.85 Å². The van der Waals surface area contributed by atoms with Gasteiger partial charge in [-0.3, -0.25) is 0 Å². The number of amides is 1. The molecule has 0 atom stereocenters. The van der Waals surface area contributed by atoms with Gasteiger partial charge in [0.1, 0.15) is 5.60 Å². The highest BCUT2D eigenvalue weighted by atomic mass is 16.6. The second kappa shape index (κ2) is 4.37. The summed E-state index contributed by atoms with van der Waals surface area (Å²) in [5, 5.41) is 4.46. The van der Waals surface area contributed by atoms with E-state index in [9.17, 15) is 4.79 Å². The summed E-state index contributed by atoms with van der Waals surface area (Å²) in [4.78, 5) is 13.8.